The SMILES string of the molecule is CCOC(=O)C(=O)c1ccc2[nH]cc(C(=O)N3CC(C)N(Cc4ccc(F)cc4)CC3C)c2c1. The number of aromatic nitrogens is 1. The number of carbonyl (C=O) groups excluding carboxylic acids is 3. The van der Waals surface area contributed by atoms with Crippen LogP contribution in [0.3, 0.4) is 0 Å². The quantitative estimate of drug-likeness (QED) is 0.340. The molecule has 2 heterocycles. The summed E-state index contributed by atoms with van der Waals surface area (Å²) >= 11 is 0. The van der Waals surface area contributed by atoms with Gasteiger partial charge in [0.2, 0.25) is 0 Å². The molecule has 2 unspecified atom stereocenters. The summed E-state index contributed by atoms with van der Waals surface area (Å²) in [4.78, 5) is 45.0. The Morgan fingerprint density at radius 2 is 1.79 bits per heavy atom. The molecule has 7 nitrogen and oxygen atoms in total. The van der Waals surface area contributed by atoms with E-state index < -0.39 is 11.8 Å². The van der Waals surface area contributed by atoms with E-state index in [0.29, 0.717) is 36.1 Å². The number of rotatable bonds is 6. The van der Waals surface area contributed by atoms with Crippen molar-refractivity contribution in [3.8, 4) is 0 Å². The van der Waals surface area contributed by atoms with Crippen molar-refractivity contribution in [2.45, 2.75) is 39.4 Å². The van der Waals surface area contributed by atoms with E-state index in [2.05, 4.69) is 16.8 Å². The molecule has 0 bridgehead atoms. The topological polar surface area (TPSA) is 82.7 Å². The lowest BCUT2D eigenvalue weighted by molar-refractivity contribution is -0.137. The minimum absolute atomic E-state index is 0.0431. The number of nitrogens with zero attached hydrogens (tertiary/aromatic N) is 2. The summed E-state index contributed by atoms with van der Waals surface area (Å²) in [5.74, 6) is -2.04. The number of ketones is 1. The van der Waals surface area contributed by atoms with E-state index in [9.17, 15) is 18.8 Å². The Balaban J connectivity index is 1.52. The third-order valence-corrected chi connectivity index (χ3v) is 6.31. The number of fused-ring (bicyclic) bond motifs is 1. The lowest BCUT2D eigenvalue weighted by Crippen LogP contribution is -2.57. The third-order valence-electron chi connectivity index (χ3n) is 6.31. The first kappa shape index (κ1) is 23.6. The number of carbonyl (C=O) groups is 3. The Labute approximate surface area is 197 Å². The summed E-state index contributed by atoms with van der Waals surface area (Å²) in [6, 6.07) is 11.3. The van der Waals surface area contributed by atoms with Crippen LogP contribution in [0.25, 0.3) is 10.9 Å². The number of esters is 1. The van der Waals surface area contributed by atoms with Gasteiger partial charge in [-0.1, -0.05) is 12.1 Å². The van der Waals surface area contributed by atoms with Crippen LogP contribution in [-0.4, -0.2) is 64.2 Å². The van der Waals surface area contributed by atoms with E-state index in [1.54, 1.807) is 43.5 Å². The molecule has 0 saturated carbocycles. The second-order valence-electron chi connectivity index (χ2n) is 8.72. The molecule has 1 aliphatic heterocycles. The summed E-state index contributed by atoms with van der Waals surface area (Å²) in [6.45, 7) is 7.73. The molecule has 1 N–H and O–H groups in total. The number of amides is 1. The Kier molecular flexibility index (Phi) is 6.79. The number of halogens is 1. The van der Waals surface area contributed by atoms with E-state index in [1.165, 1.54) is 12.1 Å². The third kappa shape index (κ3) is 4.72. The molecular formula is C26H28FN3O4. The van der Waals surface area contributed by atoms with Gasteiger partial charge in [0.05, 0.1) is 12.2 Å². The molecule has 2 aromatic carbocycles. The molecule has 34 heavy (non-hydrogen) atoms. The summed E-state index contributed by atoms with van der Waals surface area (Å²) < 4.78 is 18.0. The first-order chi connectivity index (χ1) is 16.3. The predicted molar refractivity (Wildman–Crippen MR) is 126 cm³/mol. The van der Waals surface area contributed by atoms with E-state index in [-0.39, 0.29) is 36.0 Å². The maximum atomic E-state index is 13.5. The number of piperazine rings is 1. The monoisotopic (exact) mass is 465 g/mol. The summed E-state index contributed by atoms with van der Waals surface area (Å²) in [5.41, 5.74) is 2.37. The van der Waals surface area contributed by atoms with E-state index in [0.717, 1.165) is 5.56 Å². The second kappa shape index (κ2) is 9.77. The fourth-order valence-corrected chi connectivity index (χ4v) is 4.43. The first-order valence-corrected chi connectivity index (χ1v) is 11.4. The maximum Gasteiger partial charge on any atom is 0.379 e. The van der Waals surface area contributed by atoms with Crippen LogP contribution in [0.1, 0.15) is 47.1 Å². The number of nitrogens with one attached hydrogen (secondary N) is 1. The maximum absolute atomic E-state index is 13.5. The highest BCUT2D eigenvalue weighted by Gasteiger charge is 2.33. The Morgan fingerprint density at radius 1 is 1.06 bits per heavy atom. The molecule has 1 saturated heterocycles. The zero-order valence-corrected chi connectivity index (χ0v) is 19.5. The van der Waals surface area contributed by atoms with Gasteiger partial charge in [-0.05, 0) is 56.7 Å². The van der Waals surface area contributed by atoms with Gasteiger partial charge in [0.15, 0.2) is 0 Å². The van der Waals surface area contributed by atoms with Crippen molar-refractivity contribution in [3.05, 3.63) is 71.2 Å². The van der Waals surface area contributed by atoms with E-state index in [4.69, 9.17) is 4.74 Å². The van der Waals surface area contributed by atoms with Gasteiger partial charge >= 0.3 is 5.97 Å². The minimum atomic E-state index is -0.912. The first-order valence-electron chi connectivity index (χ1n) is 11.4. The summed E-state index contributed by atoms with van der Waals surface area (Å²) in [7, 11) is 0. The zero-order chi connectivity index (χ0) is 24.4. The van der Waals surface area contributed by atoms with Crippen LogP contribution in [-0.2, 0) is 16.1 Å². The molecule has 3 aromatic rings. The highest BCUT2D eigenvalue weighted by molar-refractivity contribution is 6.41. The Hall–Kier alpha value is -3.52. The number of hydrogen-bond donors (Lipinski definition) is 1. The van der Waals surface area contributed by atoms with Crippen molar-refractivity contribution in [1.29, 1.82) is 0 Å². The summed E-state index contributed by atoms with van der Waals surface area (Å²) in [5, 5.41) is 0.591. The Morgan fingerprint density at radius 3 is 2.50 bits per heavy atom. The Bertz CT molecular complexity index is 1220. The molecule has 0 radical (unpaired) electrons. The van der Waals surface area contributed by atoms with Crippen molar-refractivity contribution in [2.24, 2.45) is 0 Å². The molecule has 2 atom stereocenters. The largest absolute Gasteiger partial charge is 0.460 e. The smallest absolute Gasteiger partial charge is 0.379 e. The fraction of sp³-hybridized carbons (Fsp3) is 0.346. The van der Waals surface area contributed by atoms with Crippen LogP contribution >= 0.6 is 0 Å². The van der Waals surface area contributed by atoms with Crippen LogP contribution in [0, 0.1) is 5.82 Å². The molecular weight excluding hydrogens is 437 g/mol. The average Bonchev–Trinajstić information content (AvgIpc) is 3.25. The number of aromatic amines is 1. The van der Waals surface area contributed by atoms with Crippen molar-refractivity contribution in [1.82, 2.24) is 14.8 Å². The zero-order valence-electron chi connectivity index (χ0n) is 19.5. The van der Waals surface area contributed by atoms with Gasteiger partial charge in [0.25, 0.3) is 11.7 Å². The van der Waals surface area contributed by atoms with Gasteiger partial charge in [-0.3, -0.25) is 14.5 Å². The van der Waals surface area contributed by atoms with Gasteiger partial charge in [-0.2, -0.15) is 0 Å². The highest BCUT2D eigenvalue weighted by Crippen LogP contribution is 2.25. The van der Waals surface area contributed by atoms with Crippen LogP contribution in [0.15, 0.2) is 48.7 Å². The van der Waals surface area contributed by atoms with Gasteiger partial charge in [0.1, 0.15) is 5.82 Å². The van der Waals surface area contributed by atoms with Crippen molar-refractivity contribution >= 4 is 28.6 Å². The van der Waals surface area contributed by atoms with Gasteiger partial charge < -0.3 is 14.6 Å². The van der Waals surface area contributed by atoms with Crippen LogP contribution < -0.4 is 0 Å². The van der Waals surface area contributed by atoms with Crippen molar-refractivity contribution in [3.63, 3.8) is 0 Å². The lowest BCUT2D eigenvalue weighted by atomic mass is 10.0. The fourth-order valence-electron chi connectivity index (χ4n) is 4.43. The number of benzene rings is 2. The molecule has 0 spiro atoms. The lowest BCUT2D eigenvalue weighted by Gasteiger charge is -2.44. The summed E-state index contributed by atoms with van der Waals surface area (Å²) in [6.07, 6.45) is 1.65. The molecule has 0 aliphatic carbocycles. The van der Waals surface area contributed by atoms with Crippen molar-refractivity contribution in [2.75, 3.05) is 19.7 Å². The van der Waals surface area contributed by atoms with Gasteiger partial charge in [0, 0.05) is 54.4 Å². The number of H-pyrrole nitrogens is 1. The molecule has 4 rings (SSSR count). The van der Waals surface area contributed by atoms with E-state index >= 15 is 0 Å². The average molecular weight is 466 g/mol. The molecule has 1 aliphatic rings. The number of hydrogen-bond acceptors (Lipinski definition) is 5. The van der Waals surface area contributed by atoms with Crippen molar-refractivity contribution < 1.29 is 23.5 Å². The molecule has 1 aromatic heterocycles. The molecule has 1 amide bonds. The van der Waals surface area contributed by atoms with Gasteiger partial charge in [-0.25, -0.2) is 9.18 Å². The van der Waals surface area contributed by atoms with Crippen LogP contribution in [0.5, 0.6) is 0 Å². The highest BCUT2D eigenvalue weighted by atomic mass is 19.1. The van der Waals surface area contributed by atoms with Crippen LogP contribution in [0.4, 0.5) is 4.39 Å². The number of Topliss-reactive ketones (excluding diaryl/α,β-unsaturated/α-hetero) is 1. The van der Waals surface area contributed by atoms with E-state index in [1.807, 2.05) is 11.8 Å². The normalized spacial score (nSPS) is 18.8. The molecule has 1 fully saturated rings. The molecule has 178 valence electrons. The second-order valence-corrected chi connectivity index (χ2v) is 8.72. The predicted octanol–water partition coefficient (Wildman–Crippen LogP) is 3.79. The minimum Gasteiger partial charge on any atom is -0.460 e. The molecule has 8 heteroatoms. The number of ether oxygens (including phenoxy) is 1. The van der Waals surface area contributed by atoms with Gasteiger partial charge in [-0.15, -0.1) is 0 Å². The standard InChI is InChI=1S/C26H28FN3O4/c1-4-34-26(33)24(31)19-7-10-23-21(11-19)22(12-28-23)25(32)30-14-16(2)29(13-17(30)3)15-18-5-8-20(27)9-6-18/h5-12,16-17,28H,4,13-15H2,1-3H3. The van der Waals surface area contributed by atoms with Crippen LogP contribution in [0.2, 0.25) is 0 Å².